The standard InChI is InChI=1S/C12H24N2OS/c1-14(11-6-7-11)12(15)10-13-8-4-3-5-9-16-2/h11,13H,3-10H2,1-2H3. The zero-order valence-corrected chi connectivity index (χ0v) is 11.3. The largest absolute Gasteiger partial charge is 0.342 e. The fourth-order valence-electron chi connectivity index (χ4n) is 1.66. The molecular weight excluding hydrogens is 220 g/mol. The lowest BCUT2D eigenvalue weighted by molar-refractivity contribution is -0.129. The Balaban J connectivity index is 1.88. The van der Waals surface area contributed by atoms with E-state index in [0.29, 0.717) is 12.6 Å². The molecule has 0 bridgehead atoms. The average Bonchev–Trinajstić information content (AvgIpc) is 3.10. The topological polar surface area (TPSA) is 32.3 Å². The van der Waals surface area contributed by atoms with Crippen LogP contribution in [-0.4, -0.2) is 49.0 Å². The smallest absolute Gasteiger partial charge is 0.236 e. The lowest BCUT2D eigenvalue weighted by atomic mass is 10.2. The first-order valence-electron chi connectivity index (χ1n) is 6.21. The summed E-state index contributed by atoms with van der Waals surface area (Å²) < 4.78 is 0. The normalized spacial score (nSPS) is 15.1. The highest BCUT2D eigenvalue weighted by Crippen LogP contribution is 2.24. The molecule has 1 rings (SSSR count). The van der Waals surface area contributed by atoms with Crippen LogP contribution in [0.2, 0.25) is 0 Å². The lowest BCUT2D eigenvalue weighted by Crippen LogP contribution is -2.37. The number of amides is 1. The Kier molecular flexibility index (Phi) is 6.88. The number of carbonyl (C=O) groups excluding carboxylic acids is 1. The van der Waals surface area contributed by atoms with Gasteiger partial charge in [-0.15, -0.1) is 0 Å². The van der Waals surface area contributed by atoms with E-state index in [9.17, 15) is 4.79 Å². The number of nitrogens with zero attached hydrogens (tertiary/aromatic N) is 1. The second-order valence-corrected chi connectivity index (χ2v) is 5.45. The van der Waals surface area contributed by atoms with Gasteiger partial charge in [0.15, 0.2) is 0 Å². The molecule has 1 N–H and O–H groups in total. The molecule has 1 amide bonds. The van der Waals surface area contributed by atoms with Gasteiger partial charge in [-0.1, -0.05) is 6.42 Å². The molecule has 0 aliphatic heterocycles. The Bertz CT molecular complexity index is 207. The highest BCUT2D eigenvalue weighted by Gasteiger charge is 2.28. The van der Waals surface area contributed by atoms with Gasteiger partial charge >= 0.3 is 0 Å². The summed E-state index contributed by atoms with van der Waals surface area (Å²) in [5.74, 6) is 1.50. The second-order valence-electron chi connectivity index (χ2n) is 4.47. The number of likely N-dealkylation sites (N-methyl/N-ethyl adjacent to an activating group) is 1. The minimum absolute atomic E-state index is 0.242. The zero-order chi connectivity index (χ0) is 11.8. The van der Waals surface area contributed by atoms with Gasteiger partial charge in [0.25, 0.3) is 0 Å². The summed E-state index contributed by atoms with van der Waals surface area (Å²) in [6, 6.07) is 0.538. The van der Waals surface area contributed by atoms with E-state index in [0.717, 1.165) is 6.54 Å². The molecule has 1 aliphatic carbocycles. The molecule has 0 radical (unpaired) electrons. The Morgan fingerprint density at radius 1 is 1.38 bits per heavy atom. The molecule has 0 unspecified atom stereocenters. The van der Waals surface area contributed by atoms with Crippen molar-refractivity contribution >= 4 is 17.7 Å². The van der Waals surface area contributed by atoms with Crippen molar-refractivity contribution in [3.05, 3.63) is 0 Å². The van der Waals surface area contributed by atoms with E-state index >= 15 is 0 Å². The van der Waals surface area contributed by atoms with Crippen LogP contribution in [-0.2, 0) is 4.79 Å². The van der Waals surface area contributed by atoms with Crippen LogP contribution in [0.1, 0.15) is 32.1 Å². The molecule has 0 heterocycles. The van der Waals surface area contributed by atoms with Gasteiger partial charge in [0.1, 0.15) is 0 Å². The summed E-state index contributed by atoms with van der Waals surface area (Å²) in [7, 11) is 1.92. The first-order chi connectivity index (χ1) is 7.75. The molecule has 4 heteroatoms. The van der Waals surface area contributed by atoms with Gasteiger partial charge in [0, 0.05) is 13.1 Å². The van der Waals surface area contributed by atoms with Crippen molar-refractivity contribution in [2.24, 2.45) is 0 Å². The number of thioether (sulfide) groups is 1. The number of hydrogen-bond acceptors (Lipinski definition) is 3. The lowest BCUT2D eigenvalue weighted by Gasteiger charge is -2.16. The number of unbranched alkanes of at least 4 members (excludes halogenated alkanes) is 2. The molecule has 1 aliphatic rings. The van der Waals surface area contributed by atoms with E-state index in [1.54, 1.807) is 0 Å². The van der Waals surface area contributed by atoms with Crippen LogP contribution < -0.4 is 5.32 Å². The Morgan fingerprint density at radius 2 is 2.12 bits per heavy atom. The van der Waals surface area contributed by atoms with Gasteiger partial charge in [-0.25, -0.2) is 0 Å². The average molecular weight is 244 g/mol. The monoisotopic (exact) mass is 244 g/mol. The third kappa shape index (κ3) is 5.75. The molecule has 94 valence electrons. The van der Waals surface area contributed by atoms with E-state index in [4.69, 9.17) is 0 Å². The molecule has 0 spiro atoms. The van der Waals surface area contributed by atoms with Crippen LogP contribution in [0.15, 0.2) is 0 Å². The van der Waals surface area contributed by atoms with Crippen LogP contribution in [0, 0.1) is 0 Å². The van der Waals surface area contributed by atoms with Crippen LogP contribution in [0.5, 0.6) is 0 Å². The van der Waals surface area contributed by atoms with Crippen LogP contribution >= 0.6 is 11.8 Å². The van der Waals surface area contributed by atoms with Crippen molar-refractivity contribution in [2.75, 3.05) is 32.1 Å². The Labute approximate surface area is 103 Å². The second kappa shape index (κ2) is 7.96. The molecule has 1 fully saturated rings. The predicted octanol–water partition coefficient (Wildman–Crippen LogP) is 1.73. The quantitative estimate of drug-likeness (QED) is 0.627. The van der Waals surface area contributed by atoms with E-state index < -0.39 is 0 Å². The molecule has 0 aromatic carbocycles. The van der Waals surface area contributed by atoms with Crippen molar-refractivity contribution in [3.8, 4) is 0 Å². The van der Waals surface area contributed by atoms with Gasteiger partial charge in [-0.05, 0) is 44.2 Å². The highest BCUT2D eigenvalue weighted by atomic mass is 32.2. The maximum atomic E-state index is 11.6. The fourth-order valence-corrected chi connectivity index (χ4v) is 2.15. The van der Waals surface area contributed by atoms with E-state index in [1.807, 2.05) is 23.7 Å². The van der Waals surface area contributed by atoms with Crippen LogP contribution in [0.3, 0.4) is 0 Å². The minimum atomic E-state index is 0.242. The number of rotatable bonds is 9. The summed E-state index contributed by atoms with van der Waals surface area (Å²) in [4.78, 5) is 13.5. The molecule has 0 atom stereocenters. The van der Waals surface area contributed by atoms with E-state index in [1.165, 1.54) is 37.9 Å². The summed E-state index contributed by atoms with van der Waals surface area (Å²) in [6.45, 7) is 1.48. The number of nitrogens with one attached hydrogen (secondary N) is 1. The molecule has 1 saturated carbocycles. The van der Waals surface area contributed by atoms with Crippen molar-refractivity contribution in [2.45, 2.75) is 38.1 Å². The number of hydrogen-bond donors (Lipinski definition) is 1. The summed E-state index contributed by atoms with van der Waals surface area (Å²) in [5.41, 5.74) is 0. The highest BCUT2D eigenvalue weighted by molar-refractivity contribution is 7.98. The van der Waals surface area contributed by atoms with Crippen molar-refractivity contribution < 1.29 is 4.79 Å². The van der Waals surface area contributed by atoms with Crippen molar-refractivity contribution in [1.29, 1.82) is 0 Å². The van der Waals surface area contributed by atoms with Crippen molar-refractivity contribution in [3.63, 3.8) is 0 Å². The first-order valence-corrected chi connectivity index (χ1v) is 7.60. The maximum Gasteiger partial charge on any atom is 0.236 e. The molecule has 0 aromatic rings. The van der Waals surface area contributed by atoms with Crippen LogP contribution in [0.25, 0.3) is 0 Å². The van der Waals surface area contributed by atoms with Gasteiger partial charge in [0.2, 0.25) is 5.91 Å². The summed E-state index contributed by atoms with van der Waals surface area (Å²) >= 11 is 1.90. The van der Waals surface area contributed by atoms with Crippen LogP contribution in [0.4, 0.5) is 0 Å². The van der Waals surface area contributed by atoms with Gasteiger partial charge in [-0.2, -0.15) is 11.8 Å². The Hall–Kier alpha value is -0.220. The fraction of sp³-hybridized carbons (Fsp3) is 0.917. The SMILES string of the molecule is CSCCCCCNCC(=O)N(C)C1CC1. The third-order valence-corrected chi connectivity index (χ3v) is 3.66. The third-order valence-electron chi connectivity index (χ3n) is 2.97. The van der Waals surface area contributed by atoms with Crippen molar-refractivity contribution in [1.82, 2.24) is 10.2 Å². The maximum absolute atomic E-state index is 11.6. The first kappa shape index (κ1) is 13.8. The zero-order valence-electron chi connectivity index (χ0n) is 10.5. The molecule has 0 saturated heterocycles. The minimum Gasteiger partial charge on any atom is -0.342 e. The van der Waals surface area contributed by atoms with E-state index in [2.05, 4.69) is 11.6 Å². The summed E-state index contributed by atoms with van der Waals surface area (Å²) in [6.07, 6.45) is 8.26. The van der Waals surface area contributed by atoms with E-state index in [-0.39, 0.29) is 5.91 Å². The Morgan fingerprint density at radius 3 is 2.75 bits per heavy atom. The van der Waals surface area contributed by atoms with Gasteiger partial charge < -0.3 is 10.2 Å². The molecule has 3 nitrogen and oxygen atoms in total. The number of carbonyl (C=O) groups is 1. The predicted molar refractivity (Wildman–Crippen MR) is 70.9 cm³/mol. The van der Waals surface area contributed by atoms with Gasteiger partial charge in [0.05, 0.1) is 6.54 Å². The van der Waals surface area contributed by atoms with Gasteiger partial charge in [-0.3, -0.25) is 4.79 Å². The molecule has 16 heavy (non-hydrogen) atoms. The molecular formula is C12H24N2OS. The summed E-state index contributed by atoms with van der Waals surface area (Å²) in [5, 5.41) is 3.23. The molecule has 0 aromatic heterocycles.